The minimum atomic E-state index is -0.257. The Bertz CT molecular complexity index is 1300. The first-order valence-electron chi connectivity index (χ1n) is 10.8. The first kappa shape index (κ1) is 23.7. The van der Waals surface area contributed by atoms with Crippen molar-refractivity contribution in [1.29, 1.82) is 0 Å². The van der Waals surface area contributed by atoms with Crippen molar-refractivity contribution in [3.63, 3.8) is 0 Å². The number of thioether (sulfide) groups is 1. The maximum Gasteiger partial charge on any atom is 0.270 e. The Morgan fingerprint density at radius 1 is 1.03 bits per heavy atom. The molecule has 0 bridgehead atoms. The Morgan fingerprint density at radius 3 is 2.47 bits per heavy atom. The number of anilines is 2. The highest BCUT2D eigenvalue weighted by Gasteiger charge is 2.33. The standard InChI is InChI=1S/C27H24N2O3S2/c1-17-8-11-21(12-9-17)29-26(31)24(34-27(29)33)15-20-6-4-5-7-23(20)32-16-25(30)28-22-13-10-18(2)14-19(22)3/h4-15H,16H2,1-3H3,(H,28,30)/b24-15-. The lowest BCUT2D eigenvalue weighted by Crippen LogP contribution is -2.27. The third-order valence-electron chi connectivity index (χ3n) is 5.31. The number of hydrogen-bond acceptors (Lipinski definition) is 5. The fourth-order valence-electron chi connectivity index (χ4n) is 3.54. The normalized spacial score (nSPS) is 14.6. The first-order chi connectivity index (χ1) is 16.3. The second-order valence-corrected chi connectivity index (χ2v) is 9.72. The number of carbonyl (C=O) groups is 2. The van der Waals surface area contributed by atoms with Crippen molar-refractivity contribution in [3.05, 3.63) is 93.9 Å². The Hall–Kier alpha value is -3.42. The zero-order chi connectivity index (χ0) is 24.2. The van der Waals surface area contributed by atoms with E-state index >= 15 is 0 Å². The smallest absolute Gasteiger partial charge is 0.270 e. The molecule has 172 valence electrons. The van der Waals surface area contributed by atoms with Crippen molar-refractivity contribution in [3.8, 4) is 5.75 Å². The van der Waals surface area contributed by atoms with Crippen LogP contribution in [0.1, 0.15) is 22.3 Å². The summed E-state index contributed by atoms with van der Waals surface area (Å²) in [5.41, 5.74) is 5.43. The molecule has 7 heteroatoms. The van der Waals surface area contributed by atoms with E-state index in [1.165, 1.54) is 16.7 Å². The molecular weight excluding hydrogens is 464 g/mol. The van der Waals surface area contributed by atoms with E-state index in [2.05, 4.69) is 5.32 Å². The van der Waals surface area contributed by atoms with Crippen molar-refractivity contribution >= 4 is 57.6 Å². The fourth-order valence-corrected chi connectivity index (χ4v) is 4.83. The van der Waals surface area contributed by atoms with E-state index in [-0.39, 0.29) is 18.4 Å². The predicted octanol–water partition coefficient (Wildman–Crippen LogP) is 6.04. The second-order valence-electron chi connectivity index (χ2n) is 8.05. The molecule has 3 aromatic carbocycles. The van der Waals surface area contributed by atoms with Gasteiger partial charge in [0.15, 0.2) is 10.9 Å². The molecule has 5 nitrogen and oxygen atoms in total. The van der Waals surface area contributed by atoms with Gasteiger partial charge in [-0.25, -0.2) is 0 Å². The topological polar surface area (TPSA) is 58.6 Å². The zero-order valence-electron chi connectivity index (χ0n) is 19.1. The number of ether oxygens (including phenoxy) is 1. The van der Waals surface area contributed by atoms with E-state index in [1.807, 2.05) is 81.4 Å². The van der Waals surface area contributed by atoms with Crippen LogP contribution < -0.4 is 15.0 Å². The highest BCUT2D eigenvalue weighted by atomic mass is 32.2. The fraction of sp³-hybridized carbons (Fsp3) is 0.148. The summed E-state index contributed by atoms with van der Waals surface area (Å²) in [6, 6.07) is 20.8. The summed E-state index contributed by atoms with van der Waals surface area (Å²) < 4.78 is 6.29. The lowest BCUT2D eigenvalue weighted by Gasteiger charge is -2.14. The Morgan fingerprint density at radius 2 is 1.74 bits per heavy atom. The number of benzene rings is 3. The lowest BCUT2D eigenvalue weighted by molar-refractivity contribution is -0.118. The Kier molecular flexibility index (Phi) is 7.14. The van der Waals surface area contributed by atoms with E-state index in [0.717, 1.165) is 28.1 Å². The maximum absolute atomic E-state index is 13.1. The summed E-state index contributed by atoms with van der Waals surface area (Å²) in [6.45, 7) is 5.80. The third kappa shape index (κ3) is 5.38. The highest BCUT2D eigenvalue weighted by Crippen LogP contribution is 2.37. The molecule has 1 fully saturated rings. The quantitative estimate of drug-likeness (QED) is 0.339. The molecule has 1 N–H and O–H groups in total. The molecule has 1 saturated heterocycles. The van der Waals surface area contributed by atoms with Gasteiger partial charge in [0, 0.05) is 11.3 Å². The van der Waals surface area contributed by atoms with Crippen LogP contribution in [0.15, 0.2) is 71.6 Å². The molecule has 1 aliphatic heterocycles. The van der Waals surface area contributed by atoms with Crippen molar-refractivity contribution in [2.24, 2.45) is 0 Å². The first-order valence-corrected chi connectivity index (χ1v) is 12.0. The van der Waals surface area contributed by atoms with Gasteiger partial charge >= 0.3 is 0 Å². The van der Waals surface area contributed by atoms with Gasteiger partial charge in [0.1, 0.15) is 5.75 Å². The molecule has 0 unspecified atom stereocenters. The minimum Gasteiger partial charge on any atom is -0.483 e. The molecule has 34 heavy (non-hydrogen) atoms. The second kappa shape index (κ2) is 10.2. The van der Waals surface area contributed by atoms with Crippen LogP contribution in [0.4, 0.5) is 11.4 Å². The minimum absolute atomic E-state index is 0.150. The summed E-state index contributed by atoms with van der Waals surface area (Å²) in [5, 5.41) is 2.88. The molecule has 0 spiro atoms. The molecule has 1 aliphatic rings. The van der Waals surface area contributed by atoms with E-state index in [1.54, 1.807) is 12.1 Å². The number of carbonyl (C=O) groups excluding carboxylic acids is 2. The van der Waals surface area contributed by atoms with Crippen LogP contribution in [0, 0.1) is 20.8 Å². The average Bonchev–Trinajstić information content (AvgIpc) is 3.08. The van der Waals surface area contributed by atoms with Gasteiger partial charge in [-0.3, -0.25) is 14.5 Å². The number of para-hydroxylation sites is 1. The van der Waals surface area contributed by atoms with E-state index in [4.69, 9.17) is 17.0 Å². The highest BCUT2D eigenvalue weighted by molar-refractivity contribution is 8.27. The summed E-state index contributed by atoms with van der Waals surface area (Å²) in [6.07, 6.45) is 1.75. The molecule has 4 rings (SSSR count). The number of amides is 2. The number of nitrogens with zero attached hydrogens (tertiary/aromatic N) is 1. The van der Waals surface area contributed by atoms with Crippen LogP contribution in [-0.4, -0.2) is 22.7 Å². The van der Waals surface area contributed by atoms with Gasteiger partial charge in [-0.2, -0.15) is 0 Å². The van der Waals surface area contributed by atoms with Gasteiger partial charge in [0.2, 0.25) is 0 Å². The molecule has 0 atom stereocenters. The van der Waals surface area contributed by atoms with Crippen molar-refractivity contribution in [2.75, 3.05) is 16.8 Å². The predicted molar refractivity (Wildman–Crippen MR) is 143 cm³/mol. The monoisotopic (exact) mass is 488 g/mol. The van der Waals surface area contributed by atoms with E-state index in [9.17, 15) is 9.59 Å². The molecule has 3 aromatic rings. The molecule has 0 saturated carbocycles. The van der Waals surface area contributed by atoms with Crippen LogP contribution in [0.25, 0.3) is 6.08 Å². The SMILES string of the molecule is Cc1ccc(N2C(=O)/C(=C/c3ccccc3OCC(=O)Nc3ccc(C)cc3C)SC2=S)cc1. The van der Waals surface area contributed by atoms with Crippen LogP contribution >= 0.6 is 24.0 Å². The van der Waals surface area contributed by atoms with Gasteiger partial charge in [-0.05, 0) is 56.7 Å². The van der Waals surface area contributed by atoms with Crippen LogP contribution in [0.3, 0.4) is 0 Å². The average molecular weight is 489 g/mol. The summed E-state index contributed by atoms with van der Waals surface area (Å²) in [7, 11) is 0. The van der Waals surface area contributed by atoms with Gasteiger partial charge < -0.3 is 10.1 Å². The van der Waals surface area contributed by atoms with Gasteiger partial charge in [0.05, 0.1) is 10.6 Å². The van der Waals surface area contributed by atoms with Crippen molar-refractivity contribution in [2.45, 2.75) is 20.8 Å². The Labute approximate surface area is 208 Å². The third-order valence-corrected chi connectivity index (χ3v) is 6.61. The van der Waals surface area contributed by atoms with Crippen LogP contribution in [-0.2, 0) is 9.59 Å². The Balaban J connectivity index is 1.48. The van der Waals surface area contributed by atoms with Crippen molar-refractivity contribution in [1.82, 2.24) is 0 Å². The van der Waals surface area contributed by atoms with Crippen LogP contribution in [0.5, 0.6) is 5.75 Å². The van der Waals surface area contributed by atoms with Crippen molar-refractivity contribution < 1.29 is 14.3 Å². The van der Waals surface area contributed by atoms with Gasteiger partial charge in [-0.15, -0.1) is 0 Å². The lowest BCUT2D eigenvalue weighted by atomic mass is 10.1. The molecule has 0 aromatic heterocycles. The largest absolute Gasteiger partial charge is 0.483 e. The number of aryl methyl sites for hydroxylation is 3. The molecule has 1 heterocycles. The summed E-state index contributed by atoms with van der Waals surface area (Å²) >= 11 is 6.71. The molecule has 0 aliphatic carbocycles. The number of nitrogens with one attached hydrogen (secondary N) is 1. The number of hydrogen-bond donors (Lipinski definition) is 1. The summed E-state index contributed by atoms with van der Waals surface area (Å²) in [4.78, 5) is 27.6. The number of rotatable bonds is 6. The maximum atomic E-state index is 13.1. The van der Waals surface area contributed by atoms with Crippen LogP contribution in [0.2, 0.25) is 0 Å². The molecular formula is C27H24N2O3S2. The van der Waals surface area contributed by atoms with Gasteiger partial charge in [0.25, 0.3) is 11.8 Å². The zero-order valence-corrected chi connectivity index (χ0v) is 20.8. The molecule has 0 radical (unpaired) electrons. The summed E-state index contributed by atoms with van der Waals surface area (Å²) in [5.74, 6) is 0.0765. The number of thiocarbonyl (C=S) groups is 1. The van der Waals surface area contributed by atoms with Gasteiger partial charge in [-0.1, -0.05) is 77.6 Å². The molecule has 2 amide bonds. The van der Waals surface area contributed by atoms with E-state index < -0.39 is 0 Å². The van der Waals surface area contributed by atoms with E-state index in [0.29, 0.717) is 20.5 Å².